The molecule has 0 fully saturated rings. The summed E-state index contributed by atoms with van der Waals surface area (Å²) in [6.45, 7) is 0.623. The highest BCUT2D eigenvalue weighted by Gasteiger charge is 2.03. The first-order valence-corrected chi connectivity index (χ1v) is 6.91. The lowest BCUT2D eigenvalue weighted by atomic mass is 10.3. The number of rotatable bonds is 3. The van der Waals surface area contributed by atoms with E-state index in [0.29, 0.717) is 11.6 Å². The predicted molar refractivity (Wildman–Crippen MR) is 78.4 cm³/mol. The van der Waals surface area contributed by atoms with E-state index in [2.05, 4.69) is 42.2 Å². The summed E-state index contributed by atoms with van der Waals surface area (Å²) < 4.78 is 1.91. The van der Waals surface area contributed by atoms with Gasteiger partial charge in [0.2, 0.25) is 0 Å². The molecule has 0 aliphatic rings. The number of benzene rings is 1. The molecule has 5 heteroatoms. The molecular formula is C12H9Br2ClN2. The van der Waals surface area contributed by atoms with Crippen molar-refractivity contribution in [3.05, 3.63) is 56.2 Å². The third-order valence-electron chi connectivity index (χ3n) is 2.20. The number of nitrogens with one attached hydrogen (secondary N) is 1. The second-order valence-electron chi connectivity index (χ2n) is 3.42. The van der Waals surface area contributed by atoms with Gasteiger partial charge in [-0.2, -0.15) is 0 Å². The Balaban J connectivity index is 2.10. The number of aromatic nitrogens is 1. The van der Waals surface area contributed by atoms with E-state index in [-0.39, 0.29) is 0 Å². The molecule has 0 bridgehead atoms. The summed E-state index contributed by atoms with van der Waals surface area (Å²) >= 11 is 12.9. The maximum Gasteiger partial charge on any atom is 0.0737 e. The molecule has 0 amide bonds. The zero-order chi connectivity index (χ0) is 12.3. The molecule has 1 N–H and O–H groups in total. The summed E-state index contributed by atoms with van der Waals surface area (Å²) in [5, 5.41) is 3.96. The van der Waals surface area contributed by atoms with Crippen molar-refractivity contribution < 1.29 is 0 Å². The van der Waals surface area contributed by atoms with Crippen LogP contribution in [0.2, 0.25) is 5.02 Å². The van der Waals surface area contributed by atoms with Gasteiger partial charge in [0.1, 0.15) is 0 Å². The normalized spacial score (nSPS) is 10.3. The Morgan fingerprint density at radius 1 is 1.24 bits per heavy atom. The lowest BCUT2D eigenvalue weighted by molar-refractivity contribution is 1.03. The highest BCUT2D eigenvalue weighted by Crippen LogP contribution is 2.23. The zero-order valence-corrected chi connectivity index (χ0v) is 12.7. The van der Waals surface area contributed by atoms with Crippen LogP contribution in [0.25, 0.3) is 0 Å². The standard InChI is InChI=1S/C12H9Br2ClN2/c13-8-5-9(14)12(16-6-8)7-17-11-4-2-1-3-10(11)15/h1-6,17H,7H2. The Morgan fingerprint density at radius 2 is 2.00 bits per heavy atom. The van der Waals surface area contributed by atoms with Gasteiger partial charge in [0.25, 0.3) is 0 Å². The molecule has 1 aromatic carbocycles. The van der Waals surface area contributed by atoms with Crippen molar-refractivity contribution in [2.24, 2.45) is 0 Å². The van der Waals surface area contributed by atoms with Gasteiger partial charge in [-0.3, -0.25) is 4.98 Å². The van der Waals surface area contributed by atoms with Crippen LogP contribution in [0.3, 0.4) is 0 Å². The number of hydrogen-bond acceptors (Lipinski definition) is 2. The minimum absolute atomic E-state index is 0.623. The average molecular weight is 376 g/mol. The first-order chi connectivity index (χ1) is 8.16. The van der Waals surface area contributed by atoms with Crippen LogP contribution in [0.15, 0.2) is 45.5 Å². The molecule has 0 aliphatic carbocycles. The van der Waals surface area contributed by atoms with Crippen LogP contribution in [0.5, 0.6) is 0 Å². The first kappa shape index (κ1) is 12.9. The van der Waals surface area contributed by atoms with Crippen molar-refractivity contribution in [3.63, 3.8) is 0 Å². The number of hydrogen-bond donors (Lipinski definition) is 1. The van der Waals surface area contributed by atoms with Crippen molar-refractivity contribution in [2.45, 2.75) is 6.54 Å². The van der Waals surface area contributed by atoms with Gasteiger partial charge in [-0.05, 0) is 50.1 Å². The van der Waals surface area contributed by atoms with Crippen molar-refractivity contribution in [2.75, 3.05) is 5.32 Å². The predicted octanol–water partition coefficient (Wildman–Crippen LogP) is 4.87. The fraction of sp³-hybridized carbons (Fsp3) is 0.0833. The van der Waals surface area contributed by atoms with Gasteiger partial charge in [-0.1, -0.05) is 23.7 Å². The van der Waals surface area contributed by atoms with Crippen LogP contribution >= 0.6 is 43.5 Å². The van der Waals surface area contributed by atoms with Gasteiger partial charge < -0.3 is 5.32 Å². The minimum Gasteiger partial charge on any atom is -0.378 e. The number of halogens is 3. The zero-order valence-electron chi connectivity index (χ0n) is 8.75. The third-order valence-corrected chi connectivity index (χ3v) is 3.65. The fourth-order valence-electron chi connectivity index (χ4n) is 1.36. The number of anilines is 1. The van der Waals surface area contributed by atoms with E-state index in [9.17, 15) is 0 Å². The molecular weight excluding hydrogens is 367 g/mol. The summed E-state index contributed by atoms with van der Waals surface area (Å²) in [4.78, 5) is 4.32. The van der Waals surface area contributed by atoms with E-state index in [4.69, 9.17) is 11.6 Å². The van der Waals surface area contributed by atoms with E-state index in [1.165, 1.54) is 0 Å². The molecule has 0 radical (unpaired) electrons. The van der Waals surface area contributed by atoms with Crippen molar-refractivity contribution in [1.82, 2.24) is 4.98 Å². The Labute approximate surface area is 122 Å². The molecule has 0 saturated heterocycles. The topological polar surface area (TPSA) is 24.9 Å². The SMILES string of the molecule is Clc1ccccc1NCc1ncc(Br)cc1Br. The third kappa shape index (κ3) is 3.44. The Bertz CT molecular complexity index is 532. The molecule has 1 aromatic heterocycles. The van der Waals surface area contributed by atoms with Gasteiger partial charge in [-0.25, -0.2) is 0 Å². The van der Waals surface area contributed by atoms with Crippen LogP contribution in [-0.2, 0) is 6.54 Å². The quantitative estimate of drug-likeness (QED) is 0.826. The fourth-order valence-corrected chi connectivity index (χ4v) is 2.69. The van der Waals surface area contributed by atoms with Crippen molar-refractivity contribution in [3.8, 4) is 0 Å². The molecule has 88 valence electrons. The maximum absolute atomic E-state index is 6.05. The highest BCUT2D eigenvalue weighted by molar-refractivity contribution is 9.11. The average Bonchev–Trinajstić information content (AvgIpc) is 2.30. The molecule has 0 unspecified atom stereocenters. The molecule has 2 nitrogen and oxygen atoms in total. The van der Waals surface area contributed by atoms with Gasteiger partial charge >= 0.3 is 0 Å². The van der Waals surface area contributed by atoms with Crippen LogP contribution in [0.4, 0.5) is 5.69 Å². The minimum atomic E-state index is 0.623. The van der Waals surface area contributed by atoms with Gasteiger partial charge in [0, 0.05) is 15.1 Å². The van der Waals surface area contributed by atoms with E-state index in [1.54, 1.807) is 6.20 Å². The summed E-state index contributed by atoms with van der Waals surface area (Å²) in [5.41, 5.74) is 1.85. The van der Waals surface area contributed by atoms with Crippen LogP contribution in [0.1, 0.15) is 5.69 Å². The lowest BCUT2D eigenvalue weighted by Crippen LogP contribution is -2.02. The van der Waals surface area contributed by atoms with E-state index in [0.717, 1.165) is 20.3 Å². The number of pyridine rings is 1. The van der Waals surface area contributed by atoms with Crippen LogP contribution in [0, 0.1) is 0 Å². The Morgan fingerprint density at radius 3 is 2.71 bits per heavy atom. The van der Waals surface area contributed by atoms with E-state index >= 15 is 0 Å². The van der Waals surface area contributed by atoms with Crippen LogP contribution in [-0.4, -0.2) is 4.98 Å². The van der Waals surface area contributed by atoms with Crippen LogP contribution < -0.4 is 5.32 Å². The summed E-state index contributed by atoms with van der Waals surface area (Å²) in [6, 6.07) is 9.61. The van der Waals surface area contributed by atoms with Gasteiger partial charge in [0.15, 0.2) is 0 Å². The molecule has 2 aromatic rings. The summed E-state index contributed by atoms with van der Waals surface area (Å²) in [5.74, 6) is 0. The molecule has 2 rings (SSSR count). The maximum atomic E-state index is 6.05. The van der Waals surface area contributed by atoms with Crippen molar-refractivity contribution >= 4 is 49.1 Å². The second kappa shape index (κ2) is 5.85. The van der Waals surface area contributed by atoms with E-state index < -0.39 is 0 Å². The molecule has 17 heavy (non-hydrogen) atoms. The molecule has 0 aliphatic heterocycles. The highest BCUT2D eigenvalue weighted by atomic mass is 79.9. The second-order valence-corrected chi connectivity index (χ2v) is 5.59. The van der Waals surface area contributed by atoms with Crippen molar-refractivity contribution in [1.29, 1.82) is 0 Å². The number of nitrogens with zero attached hydrogens (tertiary/aromatic N) is 1. The number of para-hydroxylation sites is 1. The van der Waals surface area contributed by atoms with Gasteiger partial charge in [-0.15, -0.1) is 0 Å². The summed E-state index contributed by atoms with van der Waals surface area (Å²) in [6.07, 6.45) is 1.77. The molecule has 0 atom stereocenters. The molecule has 0 saturated carbocycles. The smallest absolute Gasteiger partial charge is 0.0737 e. The Kier molecular flexibility index (Phi) is 4.42. The van der Waals surface area contributed by atoms with E-state index in [1.807, 2.05) is 30.3 Å². The molecule has 1 heterocycles. The lowest BCUT2D eigenvalue weighted by Gasteiger charge is -2.09. The Hall–Kier alpha value is -0.580. The largest absolute Gasteiger partial charge is 0.378 e. The monoisotopic (exact) mass is 374 g/mol. The summed E-state index contributed by atoms with van der Waals surface area (Å²) in [7, 11) is 0. The first-order valence-electron chi connectivity index (χ1n) is 4.95. The van der Waals surface area contributed by atoms with Gasteiger partial charge in [0.05, 0.1) is 22.9 Å². The molecule has 0 spiro atoms.